The monoisotopic (exact) mass is 223 g/mol. The first kappa shape index (κ1) is 11.7. The van der Waals surface area contributed by atoms with E-state index in [2.05, 4.69) is 12.2 Å². The lowest BCUT2D eigenvalue weighted by molar-refractivity contribution is 0.114. The summed E-state index contributed by atoms with van der Waals surface area (Å²) >= 11 is 0. The first-order valence-corrected chi connectivity index (χ1v) is 6.15. The summed E-state index contributed by atoms with van der Waals surface area (Å²) in [6.07, 6.45) is 3.87. The highest BCUT2D eigenvalue weighted by molar-refractivity contribution is 5.09. The predicted molar refractivity (Wildman–Crippen MR) is 63.3 cm³/mol. The molecule has 1 aromatic rings. The summed E-state index contributed by atoms with van der Waals surface area (Å²) < 4.78 is 5.60. The van der Waals surface area contributed by atoms with E-state index in [0.717, 1.165) is 37.2 Å². The number of aliphatic hydroxyl groups excluding tert-OH is 1. The number of hydrogen-bond donors (Lipinski definition) is 2. The molecule has 0 aliphatic heterocycles. The molecule has 1 heterocycles. The Morgan fingerprint density at radius 1 is 1.31 bits per heavy atom. The van der Waals surface area contributed by atoms with E-state index < -0.39 is 0 Å². The molecule has 1 aliphatic rings. The number of hydrogen-bond acceptors (Lipinski definition) is 3. The number of aliphatic hydroxyl groups is 1. The molecule has 1 aromatic heterocycles. The van der Waals surface area contributed by atoms with E-state index in [1.807, 2.05) is 19.1 Å². The van der Waals surface area contributed by atoms with Crippen LogP contribution in [0.3, 0.4) is 0 Å². The third kappa shape index (κ3) is 2.86. The van der Waals surface area contributed by atoms with E-state index in [1.165, 1.54) is 0 Å². The van der Waals surface area contributed by atoms with Gasteiger partial charge in [0.1, 0.15) is 11.5 Å². The average Bonchev–Trinajstić information content (AvgIpc) is 2.68. The van der Waals surface area contributed by atoms with Gasteiger partial charge >= 0.3 is 0 Å². The summed E-state index contributed by atoms with van der Waals surface area (Å²) in [7, 11) is 0. The molecule has 2 N–H and O–H groups in total. The minimum absolute atomic E-state index is 0.0841. The largest absolute Gasteiger partial charge is 0.465 e. The van der Waals surface area contributed by atoms with Crippen LogP contribution in [0.1, 0.15) is 50.2 Å². The fraction of sp³-hybridized carbons (Fsp3) is 0.692. The third-order valence-corrected chi connectivity index (χ3v) is 3.37. The number of aryl methyl sites for hydroxylation is 1. The number of nitrogens with one attached hydrogen (secondary N) is 1. The fourth-order valence-electron chi connectivity index (χ4n) is 2.36. The van der Waals surface area contributed by atoms with Gasteiger partial charge in [0.25, 0.3) is 0 Å². The van der Waals surface area contributed by atoms with Gasteiger partial charge in [-0.3, -0.25) is 0 Å². The zero-order valence-electron chi connectivity index (χ0n) is 10.1. The summed E-state index contributed by atoms with van der Waals surface area (Å²) in [6, 6.07) is 4.81. The highest BCUT2D eigenvalue weighted by Crippen LogP contribution is 2.22. The van der Waals surface area contributed by atoms with Gasteiger partial charge in [-0.2, -0.15) is 0 Å². The Balaban J connectivity index is 1.85. The molecular weight excluding hydrogens is 202 g/mol. The van der Waals surface area contributed by atoms with Crippen molar-refractivity contribution in [3.8, 4) is 0 Å². The second-order valence-electron chi connectivity index (χ2n) is 4.84. The zero-order valence-corrected chi connectivity index (χ0v) is 10.1. The quantitative estimate of drug-likeness (QED) is 0.827. The van der Waals surface area contributed by atoms with Gasteiger partial charge < -0.3 is 14.8 Å². The zero-order chi connectivity index (χ0) is 11.5. The standard InChI is InChI=1S/C13H21NO2/c1-9-3-8-13(16-9)10(2)14-11-4-6-12(15)7-5-11/h3,8,10-12,14-15H,4-7H2,1-2H3. The number of rotatable bonds is 3. The van der Waals surface area contributed by atoms with Crippen LogP contribution in [0.25, 0.3) is 0 Å². The van der Waals surface area contributed by atoms with Gasteiger partial charge in [-0.1, -0.05) is 0 Å². The minimum Gasteiger partial charge on any atom is -0.465 e. The molecule has 0 saturated heterocycles. The van der Waals surface area contributed by atoms with Crippen molar-refractivity contribution in [2.24, 2.45) is 0 Å². The third-order valence-electron chi connectivity index (χ3n) is 3.37. The second kappa shape index (κ2) is 5.02. The van der Waals surface area contributed by atoms with Crippen LogP contribution >= 0.6 is 0 Å². The lowest BCUT2D eigenvalue weighted by Crippen LogP contribution is -2.36. The summed E-state index contributed by atoms with van der Waals surface area (Å²) in [5.74, 6) is 1.96. The maximum atomic E-state index is 9.44. The summed E-state index contributed by atoms with van der Waals surface area (Å²) in [4.78, 5) is 0. The van der Waals surface area contributed by atoms with Crippen molar-refractivity contribution in [3.05, 3.63) is 23.7 Å². The Morgan fingerprint density at radius 3 is 2.56 bits per heavy atom. The van der Waals surface area contributed by atoms with Gasteiger partial charge in [0.2, 0.25) is 0 Å². The molecule has 2 rings (SSSR count). The van der Waals surface area contributed by atoms with Crippen LogP contribution in [0.2, 0.25) is 0 Å². The van der Waals surface area contributed by atoms with Crippen molar-refractivity contribution in [1.29, 1.82) is 0 Å². The molecule has 1 atom stereocenters. The Kier molecular flexibility index (Phi) is 3.66. The van der Waals surface area contributed by atoms with Gasteiger partial charge in [0, 0.05) is 6.04 Å². The molecule has 3 nitrogen and oxygen atoms in total. The van der Waals surface area contributed by atoms with Crippen LogP contribution in [0.5, 0.6) is 0 Å². The topological polar surface area (TPSA) is 45.4 Å². The van der Waals surface area contributed by atoms with Crippen LogP contribution in [0.4, 0.5) is 0 Å². The van der Waals surface area contributed by atoms with Crippen molar-refractivity contribution < 1.29 is 9.52 Å². The molecule has 1 saturated carbocycles. The van der Waals surface area contributed by atoms with E-state index >= 15 is 0 Å². The van der Waals surface area contributed by atoms with Crippen LogP contribution in [-0.4, -0.2) is 17.3 Å². The molecule has 0 aromatic carbocycles. The lowest BCUT2D eigenvalue weighted by Gasteiger charge is -2.28. The van der Waals surface area contributed by atoms with E-state index in [1.54, 1.807) is 0 Å². The number of furan rings is 1. The van der Waals surface area contributed by atoms with Gasteiger partial charge in [-0.25, -0.2) is 0 Å². The van der Waals surface area contributed by atoms with Gasteiger partial charge in [0.05, 0.1) is 12.1 Å². The van der Waals surface area contributed by atoms with Gasteiger partial charge in [-0.05, 0) is 51.7 Å². The molecule has 0 amide bonds. The van der Waals surface area contributed by atoms with Crippen molar-refractivity contribution in [2.75, 3.05) is 0 Å². The first-order chi connectivity index (χ1) is 7.65. The molecule has 1 fully saturated rings. The normalized spacial score (nSPS) is 27.9. The maximum absolute atomic E-state index is 9.44. The molecule has 90 valence electrons. The maximum Gasteiger partial charge on any atom is 0.120 e. The Labute approximate surface area is 96.8 Å². The average molecular weight is 223 g/mol. The predicted octanol–water partition coefficient (Wildman–Crippen LogP) is 2.54. The highest BCUT2D eigenvalue weighted by Gasteiger charge is 2.21. The molecule has 0 radical (unpaired) electrons. The molecule has 0 bridgehead atoms. The summed E-state index contributed by atoms with van der Waals surface area (Å²) in [6.45, 7) is 4.09. The van der Waals surface area contributed by atoms with Crippen molar-refractivity contribution >= 4 is 0 Å². The highest BCUT2D eigenvalue weighted by atomic mass is 16.3. The van der Waals surface area contributed by atoms with E-state index in [9.17, 15) is 5.11 Å². The van der Waals surface area contributed by atoms with Crippen LogP contribution < -0.4 is 5.32 Å². The lowest BCUT2D eigenvalue weighted by atomic mass is 9.92. The van der Waals surface area contributed by atoms with Gasteiger partial charge in [0.15, 0.2) is 0 Å². The Hall–Kier alpha value is -0.800. The van der Waals surface area contributed by atoms with E-state index in [0.29, 0.717) is 6.04 Å². The van der Waals surface area contributed by atoms with Crippen LogP contribution in [0, 0.1) is 6.92 Å². The molecule has 1 unspecified atom stereocenters. The summed E-state index contributed by atoms with van der Waals surface area (Å²) in [5, 5.41) is 13.0. The van der Waals surface area contributed by atoms with Crippen molar-refractivity contribution in [3.63, 3.8) is 0 Å². The van der Waals surface area contributed by atoms with Gasteiger partial charge in [-0.15, -0.1) is 0 Å². The van der Waals surface area contributed by atoms with E-state index in [-0.39, 0.29) is 12.1 Å². The molecular formula is C13H21NO2. The van der Waals surface area contributed by atoms with E-state index in [4.69, 9.17) is 4.42 Å². The Bertz CT molecular complexity index is 326. The summed E-state index contributed by atoms with van der Waals surface area (Å²) in [5.41, 5.74) is 0. The SMILES string of the molecule is Cc1ccc(C(C)NC2CCC(O)CC2)o1. The fourth-order valence-corrected chi connectivity index (χ4v) is 2.36. The molecule has 0 spiro atoms. The van der Waals surface area contributed by atoms with Crippen LogP contribution in [0.15, 0.2) is 16.5 Å². The smallest absolute Gasteiger partial charge is 0.120 e. The Morgan fingerprint density at radius 2 is 2.00 bits per heavy atom. The minimum atomic E-state index is -0.0841. The molecule has 3 heteroatoms. The van der Waals surface area contributed by atoms with Crippen molar-refractivity contribution in [1.82, 2.24) is 5.32 Å². The van der Waals surface area contributed by atoms with Crippen LogP contribution in [-0.2, 0) is 0 Å². The molecule has 1 aliphatic carbocycles. The first-order valence-electron chi connectivity index (χ1n) is 6.15. The second-order valence-corrected chi connectivity index (χ2v) is 4.84. The molecule has 16 heavy (non-hydrogen) atoms. The van der Waals surface area contributed by atoms with Crippen molar-refractivity contribution in [2.45, 2.75) is 57.7 Å².